The van der Waals surface area contributed by atoms with Gasteiger partial charge in [0.25, 0.3) is 0 Å². The van der Waals surface area contributed by atoms with Crippen LogP contribution >= 0.6 is 0 Å². The quantitative estimate of drug-likeness (QED) is 0.184. The number of carbonyl (C=O) groups is 1. The summed E-state index contributed by atoms with van der Waals surface area (Å²) >= 11 is 0. The summed E-state index contributed by atoms with van der Waals surface area (Å²) in [4.78, 5) is 12.4. The van der Waals surface area contributed by atoms with Crippen LogP contribution < -0.4 is 4.18 Å². The van der Waals surface area contributed by atoms with Crippen molar-refractivity contribution in [3.05, 3.63) is 83.9 Å². The molecule has 0 amide bonds. The van der Waals surface area contributed by atoms with Crippen molar-refractivity contribution in [1.29, 1.82) is 5.53 Å². The van der Waals surface area contributed by atoms with E-state index in [1.54, 1.807) is 18.2 Å². The average molecular weight is 464 g/mol. The van der Waals surface area contributed by atoms with Crippen LogP contribution in [0.4, 0.5) is 5.69 Å². The van der Waals surface area contributed by atoms with E-state index in [1.165, 1.54) is 42.5 Å². The van der Waals surface area contributed by atoms with Gasteiger partial charge in [0.05, 0.1) is 5.56 Å². The molecule has 33 heavy (non-hydrogen) atoms. The summed E-state index contributed by atoms with van der Waals surface area (Å²) in [7, 11) is -4.65. The molecule has 0 aliphatic heterocycles. The maximum atomic E-state index is 13.1. The molecule has 0 fully saturated rings. The summed E-state index contributed by atoms with van der Waals surface area (Å²) in [5.74, 6) is -3.33. The van der Waals surface area contributed by atoms with E-state index in [2.05, 4.69) is 5.11 Å². The zero-order chi connectivity index (χ0) is 23.8. The highest BCUT2D eigenvalue weighted by Crippen LogP contribution is 2.42. The molecule has 166 valence electrons. The van der Waals surface area contributed by atoms with Crippen molar-refractivity contribution < 1.29 is 32.7 Å². The highest BCUT2D eigenvalue weighted by atomic mass is 32.2. The highest BCUT2D eigenvalue weighted by molar-refractivity contribution is 7.87. The number of aromatic hydroxyl groups is 3. The van der Waals surface area contributed by atoms with Crippen molar-refractivity contribution in [2.75, 3.05) is 0 Å². The molecule has 0 atom stereocenters. The first-order chi connectivity index (χ1) is 15.7. The van der Waals surface area contributed by atoms with Gasteiger partial charge < -0.3 is 19.5 Å². The average Bonchev–Trinajstić information content (AvgIpc) is 2.82. The van der Waals surface area contributed by atoms with Crippen LogP contribution in [0.5, 0.6) is 23.0 Å². The lowest BCUT2D eigenvalue weighted by Crippen LogP contribution is -2.11. The number of nitrogens with zero attached hydrogens (tertiary/aromatic N) is 1. The van der Waals surface area contributed by atoms with Crippen molar-refractivity contribution in [3.63, 3.8) is 0 Å². The monoisotopic (exact) mass is 464 g/mol. The van der Waals surface area contributed by atoms with Gasteiger partial charge in [0.15, 0.2) is 23.0 Å². The molecule has 4 aromatic rings. The third kappa shape index (κ3) is 3.83. The van der Waals surface area contributed by atoms with Gasteiger partial charge in [-0.2, -0.15) is 13.5 Å². The zero-order valence-electron chi connectivity index (χ0n) is 16.8. The van der Waals surface area contributed by atoms with Gasteiger partial charge in [-0.1, -0.05) is 48.5 Å². The number of carbonyl (C=O) groups excluding carboxylic acids is 1. The first-order valence-electron chi connectivity index (χ1n) is 9.46. The van der Waals surface area contributed by atoms with Crippen molar-refractivity contribution in [1.82, 2.24) is 0 Å². The molecule has 4 N–H and O–H groups in total. The van der Waals surface area contributed by atoms with Gasteiger partial charge in [0.1, 0.15) is 10.6 Å². The van der Waals surface area contributed by atoms with Crippen LogP contribution in [0.15, 0.2) is 82.8 Å². The smallest absolute Gasteiger partial charge is 0.340 e. The molecule has 4 rings (SSSR count). The van der Waals surface area contributed by atoms with E-state index in [4.69, 9.17) is 9.71 Å². The van der Waals surface area contributed by atoms with Gasteiger partial charge in [-0.25, -0.2) is 5.53 Å². The van der Waals surface area contributed by atoms with Crippen molar-refractivity contribution in [2.24, 2.45) is 5.11 Å². The van der Waals surface area contributed by atoms with Crippen LogP contribution in [0.1, 0.15) is 15.9 Å². The Bertz CT molecular complexity index is 1520. The summed E-state index contributed by atoms with van der Waals surface area (Å²) in [6.45, 7) is 0. The largest absolute Gasteiger partial charge is 0.505 e. The summed E-state index contributed by atoms with van der Waals surface area (Å²) in [6.07, 6.45) is 0. The second-order valence-electron chi connectivity index (χ2n) is 6.94. The molecule has 0 spiro atoms. The SMILES string of the molecule is N=Nc1ccc2c(S(=O)(=O)Oc3c(O)ccc(C(=O)c4ccccc4)c3O)cccc2c1O. The molecule has 9 nitrogen and oxygen atoms in total. The predicted octanol–water partition coefficient (Wildman–Crippen LogP) is 4.62. The lowest BCUT2D eigenvalue weighted by Gasteiger charge is -2.14. The number of phenolic OH excluding ortho intramolecular Hbond substituents is 3. The number of hydrogen-bond acceptors (Lipinski definition) is 9. The molecule has 0 saturated carbocycles. The van der Waals surface area contributed by atoms with Crippen LogP contribution in [0.2, 0.25) is 0 Å². The van der Waals surface area contributed by atoms with E-state index in [0.717, 1.165) is 12.1 Å². The van der Waals surface area contributed by atoms with Crippen molar-refractivity contribution in [3.8, 4) is 23.0 Å². The molecule has 0 aliphatic rings. The van der Waals surface area contributed by atoms with Crippen LogP contribution in [0.3, 0.4) is 0 Å². The second-order valence-corrected chi connectivity index (χ2v) is 8.45. The molecule has 10 heteroatoms. The summed E-state index contributed by atoms with van der Waals surface area (Å²) in [5.41, 5.74) is 7.01. The fourth-order valence-electron chi connectivity index (χ4n) is 3.34. The predicted molar refractivity (Wildman–Crippen MR) is 118 cm³/mol. The molecule has 0 radical (unpaired) electrons. The van der Waals surface area contributed by atoms with E-state index in [0.29, 0.717) is 0 Å². The van der Waals surface area contributed by atoms with Gasteiger partial charge in [-0.05, 0) is 24.3 Å². The van der Waals surface area contributed by atoms with Crippen LogP contribution in [-0.2, 0) is 10.1 Å². The van der Waals surface area contributed by atoms with E-state index in [9.17, 15) is 28.5 Å². The Balaban J connectivity index is 1.80. The van der Waals surface area contributed by atoms with E-state index in [-0.39, 0.29) is 38.2 Å². The minimum Gasteiger partial charge on any atom is -0.505 e. The third-order valence-corrected chi connectivity index (χ3v) is 6.23. The summed E-state index contributed by atoms with van der Waals surface area (Å²) in [5, 5.41) is 34.4. The minimum atomic E-state index is -4.65. The molecular weight excluding hydrogens is 448 g/mol. The first kappa shape index (κ1) is 21.8. The standard InChI is InChI=1S/C23H16N2O7S/c24-25-17-11-9-14-15(21(17)28)7-4-8-19(14)33(30,31)32-23-18(26)12-10-16(22(23)29)20(27)13-5-2-1-3-6-13/h1-12,24,26,28-29H. The minimum absolute atomic E-state index is 0.0552. The fraction of sp³-hybridized carbons (Fsp3) is 0. The molecule has 0 saturated heterocycles. The van der Waals surface area contributed by atoms with Gasteiger partial charge in [0.2, 0.25) is 5.75 Å². The highest BCUT2D eigenvalue weighted by Gasteiger charge is 2.27. The van der Waals surface area contributed by atoms with Gasteiger partial charge in [-0.15, -0.1) is 0 Å². The Labute approximate surface area is 187 Å². The maximum absolute atomic E-state index is 13.1. The van der Waals surface area contributed by atoms with Gasteiger partial charge in [-0.3, -0.25) is 4.79 Å². The Morgan fingerprint density at radius 3 is 2.24 bits per heavy atom. The van der Waals surface area contributed by atoms with E-state index in [1.807, 2.05) is 0 Å². The van der Waals surface area contributed by atoms with Gasteiger partial charge in [0, 0.05) is 16.3 Å². The molecule has 0 bridgehead atoms. The lowest BCUT2D eigenvalue weighted by atomic mass is 10.0. The number of nitrogens with one attached hydrogen (secondary N) is 1. The van der Waals surface area contributed by atoms with Crippen molar-refractivity contribution in [2.45, 2.75) is 4.90 Å². The molecule has 4 aromatic carbocycles. The van der Waals surface area contributed by atoms with Crippen LogP contribution in [0.25, 0.3) is 10.8 Å². The zero-order valence-corrected chi connectivity index (χ0v) is 17.6. The molecule has 0 heterocycles. The Kier molecular flexibility index (Phi) is 5.44. The van der Waals surface area contributed by atoms with Crippen LogP contribution in [0, 0.1) is 5.53 Å². The first-order valence-corrected chi connectivity index (χ1v) is 10.9. The Morgan fingerprint density at radius 1 is 0.818 bits per heavy atom. The number of rotatable bonds is 6. The number of fused-ring (bicyclic) bond motifs is 1. The molecule has 0 aliphatic carbocycles. The third-order valence-electron chi connectivity index (χ3n) is 4.95. The fourth-order valence-corrected chi connectivity index (χ4v) is 4.50. The van der Waals surface area contributed by atoms with E-state index >= 15 is 0 Å². The van der Waals surface area contributed by atoms with Crippen LogP contribution in [-0.4, -0.2) is 29.5 Å². The van der Waals surface area contributed by atoms with E-state index < -0.39 is 33.1 Å². The number of benzene rings is 4. The topological polar surface area (TPSA) is 157 Å². The molecule has 0 aromatic heterocycles. The maximum Gasteiger partial charge on any atom is 0.340 e. The molecular formula is C23H16N2O7S. The lowest BCUT2D eigenvalue weighted by molar-refractivity contribution is 0.103. The summed E-state index contributed by atoms with van der Waals surface area (Å²) in [6, 6.07) is 16.8. The Hall–Kier alpha value is -4.44. The number of ketones is 1. The normalized spacial score (nSPS) is 11.3. The van der Waals surface area contributed by atoms with Gasteiger partial charge >= 0.3 is 10.1 Å². The van der Waals surface area contributed by atoms with Crippen molar-refractivity contribution >= 4 is 32.4 Å². The Morgan fingerprint density at radius 2 is 1.55 bits per heavy atom. The number of hydrogen-bond donors (Lipinski definition) is 4. The summed E-state index contributed by atoms with van der Waals surface area (Å²) < 4.78 is 31.2. The second kappa shape index (κ2) is 8.24. The molecule has 0 unspecified atom stereocenters. The number of phenols is 3.